The summed E-state index contributed by atoms with van der Waals surface area (Å²) in [7, 11) is 0. The summed E-state index contributed by atoms with van der Waals surface area (Å²) in [5.74, 6) is 0.259. The van der Waals surface area contributed by atoms with E-state index in [0.717, 1.165) is 25.8 Å². The van der Waals surface area contributed by atoms with Gasteiger partial charge in [0.1, 0.15) is 6.10 Å². The van der Waals surface area contributed by atoms with Crippen molar-refractivity contribution in [2.24, 2.45) is 0 Å². The molecular weight excluding hydrogens is 170 g/mol. The van der Waals surface area contributed by atoms with Gasteiger partial charge in [-0.1, -0.05) is 0 Å². The third-order valence-corrected chi connectivity index (χ3v) is 2.93. The summed E-state index contributed by atoms with van der Waals surface area (Å²) in [6, 6.07) is 0.325. The smallest absolute Gasteiger partial charge is 0.293 e. The molecule has 2 atom stereocenters. The molecule has 4 heteroatoms. The van der Waals surface area contributed by atoms with Crippen LogP contribution in [0, 0.1) is 0 Å². The number of piperidine rings is 1. The van der Waals surface area contributed by atoms with E-state index in [2.05, 4.69) is 0 Å². The Morgan fingerprint density at radius 2 is 2.31 bits per heavy atom. The van der Waals surface area contributed by atoms with Gasteiger partial charge >= 0.3 is 0 Å². The second-order valence-electron chi connectivity index (χ2n) is 3.66. The van der Waals surface area contributed by atoms with Crippen LogP contribution in [0.3, 0.4) is 0 Å². The summed E-state index contributed by atoms with van der Waals surface area (Å²) >= 11 is 0. The fraction of sp³-hybridized carbons (Fsp3) is 0.778. The number of hydrogen-bond donors (Lipinski definition) is 0. The van der Waals surface area contributed by atoms with Crippen LogP contribution in [0.4, 0.5) is 0 Å². The topological polar surface area (TPSA) is 46.6 Å². The summed E-state index contributed by atoms with van der Waals surface area (Å²) in [5, 5.41) is 0. The van der Waals surface area contributed by atoms with Crippen LogP contribution >= 0.6 is 0 Å². The summed E-state index contributed by atoms with van der Waals surface area (Å²) in [6.07, 6.45) is 3.24. The Bertz CT molecular complexity index is 229. The molecule has 0 aromatic carbocycles. The molecule has 0 spiro atoms. The molecule has 0 aliphatic carbocycles. The van der Waals surface area contributed by atoms with Crippen LogP contribution in [0.25, 0.3) is 0 Å². The number of nitrogens with zero attached hydrogens (tertiary/aromatic N) is 1. The predicted molar refractivity (Wildman–Crippen MR) is 44.9 cm³/mol. The molecule has 0 bridgehead atoms. The van der Waals surface area contributed by atoms with Crippen molar-refractivity contribution >= 4 is 12.4 Å². The number of amides is 1. The molecule has 0 aromatic heterocycles. The lowest BCUT2D eigenvalue weighted by Gasteiger charge is -2.33. The molecule has 4 nitrogen and oxygen atoms in total. The van der Waals surface area contributed by atoms with Crippen LogP contribution in [-0.4, -0.2) is 36.0 Å². The average molecular weight is 183 g/mol. The maximum atomic E-state index is 11.3. The average Bonchev–Trinajstić information content (AvgIpc) is 2.48. The molecule has 2 rings (SSSR count). The van der Waals surface area contributed by atoms with E-state index in [1.807, 2.05) is 4.90 Å². The van der Waals surface area contributed by atoms with Gasteiger partial charge in [-0.05, 0) is 6.42 Å². The summed E-state index contributed by atoms with van der Waals surface area (Å²) in [6.45, 7) is 1.26. The molecule has 13 heavy (non-hydrogen) atoms. The number of ether oxygens (including phenoxy) is 1. The predicted octanol–water partition coefficient (Wildman–Crippen LogP) is 0.313. The normalized spacial score (nSPS) is 32.9. The zero-order valence-corrected chi connectivity index (χ0v) is 7.44. The third-order valence-electron chi connectivity index (χ3n) is 2.93. The number of hydrogen-bond acceptors (Lipinski definition) is 3. The zero-order valence-electron chi connectivity index (χ0n) is 7.44. The minimum absolute atomic E-state index is 0.0321. The van der Waals surface area contributed by atoms with Gasteiger partial charge in [0.15, 0.2) is 0 Å². The van der Waals surface area contributed by atoms with E-state index in [4.69, 9.17) is 4.74 Å². The van der Waals surface area contributed by atoms with Crippen molar-refractivity contribution in [3.63, 3.8) is 0 Å². The van der Waals surface area contributed by atoms with Crippen molar-refractivity contribution < 1.29 is 14.3 Å². The summed E-state index contributed by atoms with van der Waals surface area (Å²) < 4.78 is 4.91. The second kappa shape index (κ2) is 3.36. The molecule has 0 saturated carbocycles. The Labute approximate surface area is 76.8 Å². The van der Waals surface area contributed by atoms with E-state index >= 15 is 0 Å². The molecule has 1 amide bonds. The van der Waals surface area contributed by atoms with Crippen molar-refractivity contribution in [2.45, 2.75) is 37.8 Å². The highest BCUT2D eigenvalue weighted by atomic mass is 16.5. The molecule has 0 N–H and O–H groups in total. The van der Waals surface area contributed by atoms with Crippen molar-refractivity contribution in [3.05, 3.63) is 0 Å². The van der Waals surface area contributed by atoms with Gasteiger partial charge in [0.05, 0.1) is 0 Å². The molecule has 2 aliphatic rings. The van der Waals surface area contributed by atoms with Crippen molar-refractivity contribution in [2.75, 3.05) is 6.54 Å². The first-order valence-electron chi connectivity index (χ1n) is 4.70. The molecule has 72 valence electrons. The van der Waals surface area contributed by atoms with Gasteiger partial charge in [-0.25, -0.2) is 0 Å². The standard InChI is InChI=1S/C9H13NO3/c11-6-13-8-3-4-10-7(5-8)1-2-9(10)12/h6-8H,1-5H2/t7-,8-/m1/s1. The highest BCUT2D eigenvalue weighted by molar-refractivity contribution is 5.78. The van der Waals surface area contributed by atoms with Gasteiger partial charge in [0, 0.05) is 31.8 Å². The van der Waals surface area contributed by atoms with Crippen molar-refractivity contribution in [1.82, 2.24) is 4.90 Å². The van der Waals surface area contributed by atoms with Gasteiger partial charge < -0.3 is 9.64 Å². The minimum atomic E-state index is 0.0321. The molecule has 2 heterocycles. The fourth-order valence-electron chi connectivity index (χ4n) is 2.25. The second-order valence-corrected chi connectivity index (χ2v) is 3.66. The number of fused-ring (bicyclic) bond motifs is 1. The van der Waals surface area contributed by atoms with E-state index in [9.17, 15) is 9.59 Å². The Kier molecular flexibility index (Phi) is 2.20. The molecular formula is C9H13NO3. The number of carbonyl (C=O) groups is 2. The van der Waals surface area contributed by atoms with Crippen LogP contribution in [-0.2, 0) is 14.3 Å². The maximum Gasteiger partial charge on any atom is 0.293 e. The lowest BCUT2D eigenvalue weighted by atomic mass is 10.00. The third kappa shape index (κ3) is 1.53. The summed E-state index contributed by atoms with van der Waals surface area (Å²) in [5.41, 5.74) is 0. The van der Waals surface area contributed by atoms with E-state index in [-0.39, 0.29) is 12.0 Å². The quantitative estimate of drug-likeness (QED) is 0.579. The van der Waals surface area contributed by atoms with Gasteiger partial charge in [0.2, 0.25) is 5.91 Å². The Morgan fingerprint density at radius 3 is 3.08 bits per heavy atom. The highest BCUT2D eigenvalue weighted by Gasteiger charge is 2.36. The largest absolute Gasteiger partial charge is 0.464 e. The van der Waals surface area contributed by atoms with Gasteiger partial charge in [-0.15, -0.1) is 0 Å². The van der Waals surface area contributed by atoms with Crippen LogP contribution in [0.2, 0.25) is 0 Å². The maximum absolute atomic E-state index is 11.3. The first-order valence-corrected chi connectivity index (χ1v) is 4.70. The van der Waals surface area contributed by atoms with Crippen LogP contribution in [0.1, 0.15) is 25.7 Å². The van der Waals surface area contributed by atoms with Gasteiger partial charge in [-0.2, -0.15) is 0 Å². The van der Waals surface area contributed by atoms with Gasteiger partial charge in [-0.3, -0.25) is 9.59 Å². The molecule has 0 aromatic rings. The Morgan fingerprint density at radius 1 is 1.46 bits per heavy atom. The van der Waals surface area contributed by atoms with Gasteiger partial charge in [0.25, 0.3) is 6.47 Å². The summed E-state index contributed by atoms with van der Waals surface area (Å²) in [4.78, 5) is 23.3. The number of rotatable bonds is 2. The fourth-order valence-corrected chi connectivity index (χ4v) is 2.25. The molecule has 2 saturated heterocycles. The van der Waals surface area contributed by atoms with Crippen molar-refractivity contribution in [1.29, 1.82) is 0 Å². The highest BCUT2D eigenvalue weighted by Crippen LogP contribution is 2.28. The first kappa shape index (κ1) is 8.53. The van der Waals surface area contributed by atoms with E-state index in [1.165, 1.54) is 0 Å². The monoisotopic (exact) mass is 183 g/mol. The van der Waals surface area contributed by atoms with E-state index < -0.39 is 0 Å². The molecule has 2 fully saturated rings. The van der Waals surface area contributed by atoms with Crippen LogP contribution in [0.15, 0.2) is 0 Å². The first-order chi connectivity index (χ1) is 6.31. The molecule has 0 radical (unpaired) electrons. The van der Waals surface area contributed by atoms with E-state index in [1.54, 1.807) is 0 Å². The van der Waals surface area contributed by atoms with Crippen LogP contribution < -0.4 is 0 Å². The van der Waals surface area contributed by atoms with Crippen LogP contribution in [0.5, 0.6) is 0 Å². The SMILES string of the molecule is O=CO[C@@H]1CCN2C(=O)CC[C@@H]2C1. The zero-order chi connectivity index (χ0) is 9.26. The lowest BCUT2D eigenvalue weighted by Crippen LogP contribution is -2.42. The number of carbonyl (C=O) groups excluding carboxylic acids is 2. The minimum Gasteiger partial charge on any atom is -0.464 e. The Balaban J connectivity index is 1.95. The Hall–Kier alpha value is -1.06. The molecule has 2 aliphatic heterocycles. The van der Waals surface area contributed by atoms with Crippen molar-refractivity contribution in [3.8, 4) is 0 Å². The van der Waals surface area contributed by atoms with E-state index in [0.29, 0.717) is 18.9 Å². The molecule has 0 unspecified atom stereocenters. The lowest BCUT2D eigenvalue weighted by molar-refractivity contribution is -0.138.